The fraction of sp³-hybridized carbons (Fsp3) is 0.200. The third-order valence-electron chi connectivity index (χ3n) is 2.16. The molecular formula is C10H9BrFN3O. The van der Waals surface area contributed by atoms with Gasteiger partial charge in [0.05, 0.1) is 11.0 Å². The Morgan fingerprint density at radius 1 is 1.50 bits per heavy atom. The third-order valence-corrected chi connectivity index (χ3v) is 2.93. The van der Waals surface area contributed by atoms with Gasteiger partial charge in [0.25, 0.3) is 0 Å². The second kappa shape index (κ2) is 4.31. The van der Waals surface area contributed by atoms with Crippen LogP contribution >= 0.6 is 15.9 Å². The molecule has 0 aliphatic rings. The molecule has 6 heteroatoms. The maximum absolute atomic E-state index is 13.6. The highest BCUT2D eigenvalue weighted by Gasteiger charge is 2.14. The summed E-state index contributed by atoms with van der Waals surface area (Å²) in [5, 5.41) is 3.73. The van der Waals surface area contributed by atoms with Gasteiger partial charge >= 0.3 is 0 Å². The van der Waals surface area contributed by atoms with E-state index in [1.807, 2.05) is 0 Å². The van der Waals surface area contributed by atoms with E-state index in [9.17, 15) is 4.39 Å². The zero-order valence-corrected chi connectivity index (χ0v) is 10.1. The smallest absolute Gasteiger partial charge is 0.240 e. The van der Waals surface area contributed by atoms with Crippen molar-refractivity contribution in [2.45, 2.75) is 13.5 Å². The van der Waals surface area contributed by atoms with Gasteiger partial charge < -0.3 is 10.3 Å². The van der Waals surface area contributed by atoms with Gasteiger partial charge in [0.1, 0.15) is 5.82 Å². The van der Waals surface area contributed by atoms with Gasteiger partial charge in [0, 0.05) is 5.56 Å². The van der Waals surface area contributed by atoms with E-state index in [0.717, 1.165) is 0 Å². The van der Waals surface area contributed by atoms with Gasteiger partial charge in [-0.15, -0.1) is 0 Å². The number of hydrogen-bond donors (Lipinski definition) is 1. The van der Waals surface area contributed by atoms with E-state index in [0.29, 0.717) is 27.3 Å². The van der Waals surface area contributed by atoms with E-state index in [-0.39, 0.29) is 12.4 Å². The molecule has 1 aromatic heterocycles. The molecule has 0 bridgehead atoms. The summed E-state index contributed by atoms with van der Waals surface area (Å²) in [6, 6.07) is 3.39. The van der Waals surface area contributed by atoms with Crippen LogP contribution in [0.3, 0.4) is 0 Å². The highest BCUT2D eigenvalue weighted by atomic mass is 79.9. The summed E-state index contributed by atoms with van der Waals surface area (Å²) in [7, 11) is 0. The van der Waals surface area contributed by atoms with Gasteiger partial charge in [0.15, 0.2) is 0 Å². The summed E-state index contributed by atoms with van der Waals surface area (Å²) in [6.07, 6.45) is 0. The van der Waals surface area contributed by atoms with Gasteiger partial charge in [-0.2, -0.15) is 4.98 Å². The number of halogens is 2. The van der Waals surface area contributed by atoms with Crippen LogP contribution in [0.5, 0.6) is 0 Å². The van der Waals surface area contributed by atoms with Crippen molar-refractivity contribution in [3.63, 3.8) is 0 Å². The van der Waals surface area contributed by atoms with Crippen LogP contribution < -0.4 is 5.73 Å². The van der Waals surface area contributed by atoms with E-state index in [1.54, 1.807) is 19.1 Å². The largest absolute Gasteiger partial charge is 0.338 e. The normalized spacial score (nSPS) is 10.8. The summed E-state index contributed by atoms with van der Waals surface area (Å²) in [5.41, 5.74) is 6.45. The first-order chi connectivity index (χ1) is 7.63. The second-order valence-electron chi connectivity index (χ2n) is 3.27. The lowest BCUT2D eigenvalue weighted by molar-refractivity contribution is 0.380. The Kier molecular flexibility index (Phi) is 3.02. The van der Waals surface area contributed by atoms with Crippen LogP contribution in [0, 0.1) is 12.7 Å². The highest BCUT2D eigenvalue weighted by molar-refractivity contribution is 9.10. The maximum Gasteiger partial charge on any atom is 0.240 e. The maximum atomic E-state index is 13.6. The number of rotatable bonds is 2. The molecular weight excluding hydrogens is 277 g/mol. The standard InChI is InChI=1S/C10H9BrFN3O/c1-5-2-3-6(8(11)9(5)12)10-14-7(4-13)16-15-10/h2-3H,4,13H2,1H3. The van der Waals surface area contributed by atoms with Crippen molar-refractivity contribution in [3.8, 4) is 11.4 Å². The van der Waals surface area contributed by atoms with Gasteiger partial charge in [-0.25, -0.2) is 4.39 Å². The Balaban J connectivity index is 2.52. The van der Waals surface area contributed by atoms with Crippen molar-refractivity contribution in [3.05, 3.63) is 33.9 Å². The molecule has 0 saturated carbocycles. The van der Waals surface area contributed by atoms with Crippen molar-refractivity contribution in [1.82, 2.24) is 10.1 Å². The number of aryl methyl sites for hydroxylation is 1. The second-order valence-corrected chi connectivity index (χ2v) is 4.07. The molecule has 0 spiro atoms. The Morgan fingerprint density at radius 3 is 2.88 bits per heavy atom. The highest BCUT2D eigenvalue weighted by Crippen LogP contribution is 2.30. The lowest BCUT2D eigenvalue weighted by Gasteiger charge is -2.02. The van der Waals surface area contributed by atoms with E-state index in [2.05, 4.69) is 26.1 Å². The number of nitrogens with zero attached hydrogens (tertiary/aromatic N) is 2. The molecule has 2 rings (SSSR count). The number of benzene rings is 1. The molecule has 2 N–H and O–H groups in total. The number of nitrogens with two attached hydrogens (primary N) is 1. The Labute approximate surface area is 99.8 Å². The van der Waals surface area contributed by atoms with E-state index in [1.165, 1.54) is 0 Å². The summed E-state index contributed by atoms with van der Waals surface area (Å²) >= 11 is 3.17. The van der Waals surface area contributed by atoms with Crippen LogP contribution in [0.4, 0.5) is 4.39 Å². The Morgan fingerprint density at radius 2 is 2.25 bits per heavy atom. The molecule has 0 amide bonds. The van der Waals surface area contributed by atoms with Gasteiger partial charge in [0.2, 0.25) is 11.7 Å². The molecule has 0 radical (unpaired) electrons. The van der Waals surface area contributed by atoms with Crippen LogP contribution in [0.2, 0.25) is 0 Å². The van der Waals surface area contributed by atoms with E-state index in [4.69, 9.17) is 10.3 Å². The van der Waals surface area contributed by atoms with E-state index < -0.39 is 0 Å². The molecule has 4 nitrogen and oxygen atoms in total. The van der Waals surface area contributed by atoms with Crippen molar-refractivity contribution in [1.29, 1.82) is 0 Å². The van der Waals surface area contributed by atoms with Crippen molar-refractivity contribution in [2.24, 2.45) is 5.73 Å². The average Bonchev–Trinajstić information content (AvgIpc) is 2.74. The predicted molar refractivity (Wildman–Crippen MR) is 60.0 cm³/mol. The molecule has 84 valence electrons. The molecule has 2 aromatic rings. The summed E-state index contributed by atoms with van der Waals surface area (Å²) in [6.45, 7) is 1.85. The van der Waals surface area contributed by atoms with Crippen LogP contribution in [-0.4, -0.2) is 10.1 Å². The zero-order chi connectivity index (χ0) is 11.7. The fourth-order valence-electron chi connectivity index (χ4n) is 1.27. The first-order valence-electron chi connectivity index (χ1n) is 4.61. The molecule has 16 heavy (non-hydrogen) atoms. The Hall–Kier alpha value is -1.27. The molecule has 0 atom stereocenters. The first kappa shape index (κ1) is 11.2. The topological polar surface area (TPSA) is 64.9 Å². The third kappa shape index (κ3) is 1.85. The van der Waals surface area contributed by atoms with Crippen LogP contribution in [0.25, 0.3) is 11.4 Å². The lowest BCUT2D eigenvalue weighted by Crippen LogP contribution is -1.96. The average molecular weight is 286 g/mol. The Bertz CT molecular complexity index is 527. The van der Waals surface area contributed by atoms with E-state index >= 15 is 0 Å². The predicted octanol–water partition coefficient (Wildman–Crippen LogP) is 2.41. The van der Waals surface area contributed by atoms with Crippen LogP contribution in [0.1, 0.15) is 11.5 Å². The zero-order valence-electron chi connectivity index (χ0n) is 8.50. The molecule has 1 aromatic carbocycles. The van der Waals surface area contributed by atoms with Crippen molar-refractivity contribution < 1.29 is 8.91 Å². The fourth-order valence-corrected chi connectivity index (χ4v) is 1.89. The first-order valence-corrected chi connectivity index (χ1v) is 5.40. The monoisotopic (exact) mass is 285 g/mol. The van der Waals surface area contributed by atoms with Crippen molar-refractivity contribution >= 4 is 15.9 Å². The number of aromatic nitrogens is 2. The van der Waals surface area contributed by atoms with Gasteiger partial charge in [-0.3, -0.25) is 0 Å². The number of hydrogen-bond acceptors (Lipinski definition) is 4. The molecule has 0 saturated heterocycles. The van der Waals surface area contributed by atoms with Crippen molar-refractivity contribution in [2.75, 3.05) is 0 Å². The summed E-state index contributed by atoms with van der Waals surface area (Å²) < 4.78 is 18.8. The summed E-state index contributed by atoms with van der Waals surface area (Å²) in [5.74, 6) is 0.325. The van der Waals surface area contributed by atoms with Gasteiger partial charge in [-0.1, -0.05) is 11.2 Å². The minimum absolute atomic E-state index is 0.166. The lowest BCUT2D eigenvalue weighted by atomic mass is 10.1. The van der Waals surface area contributed by atoms with Crippen LogP contribution in [0.15, 0.2) is 21.1 Å². The minimum Gasteiger partial charge on any atom is -0.338 e. The SMILES string of the molecule is Cc1ccc(-c2noc(CN)n2)c(Br)c1F. The van der Waals surface area contributed by atoms with Crippen LogP contribution in [-0.2, 0) is 6.54 Å². The quantitative estimate of drug-likeness (QED) is 0.920. The molecule has 0 aliphatic carbocycles. The van der Waals surface area contributed by atoms with Gasteiger partial charge in [-0.05, 0) is 34.5 Å². The molecule has 1 heterocycles. The minimum atomic E-state index is -0.323. The summed E-state index contributed by atoms with van der Waals surface area (Å²) in [4.78, 5) is 4.03. The molecule has 0 aliphatic heterocycles. The molecule has 0 fully saturated rings. The molecule has 0 unspecified atom stereocenters.